The summed E-state index contributed by atoms with van der Waals surface area (Å²) in [5, 5.41) is 0. The molecule has 0 spiro atoms. The van der Waals surface area contributed by atoms with Gasteiger partial charge in [-0.05, 0) is 49.8 Å². The monoisotopic (exact) mass is 356 g/mol. The first kappa shape index (κ1) is 18.9. The third-order valence-electron chi connectivity index (χ3n) is 4.67. The van der Waals surface area contributed by atoms with Crippen molar-refractivity contribution in [3.8, 4) is 0 Å². The molecule has 1 aromatic carbocycles. The molecule has 1 fully saturated rings. The van der Waals surface area contributed by atoms with Crippen LogP contribution in [-0.2, 0) is 10.0 Å². The number of nitrogens with zero attached hydrogens (tertiary/aromatic N) is 1. The zero-order valence-corrected chi connectivity index (χ0v) is 15.2. The van der Waals surface area contributed by atoms with Crippen molar-refractivity contribution >= 4 is 15.9 Å². The molecule has 0 saturated heterocycles. The Morgan fingerprint density at radius 2 is 1.92 bits per heavy atom. The molecule has 1 saturated carbocycles. The van der Waals surface area contributed by atoms with E-state index >= 15 is 0 Å². The Hall–Kier alpha value is -1.47. The third kappa shape index (κ3) is 4.13. The SMILES string of the molecule is CCNS(=O)(=O)c1ccc(F)c(C(=O)N(C)C2CCC(C)CC2)c1. The number of benzene rings is 1. The minimum absolute atomic E-state index is 0.0714. The number of sulfonamides is 1. The van der Waals surface area contributed by atoms with Crippen LogP contribution >= 0.6 is 0 Å². The summed E-state index contributed by atoms with van der Waals surface area (Å²) in [6.45, 7) is 4.07. The zero-order valence-electron chi connectivity index (χ0n) is 14.4. The van der Waals surface area contributed by atoms with E-state index in [1.54, 1.807) is 18.9 Å². The smallest absolute Gasteiger partial charge is 0.256 e. The predicted octanol–water partition coefficient (Wildman–Crippen LogP) is 2.77. The molecule has 0 atom stereocenters. The van der Waals surface area contributed by atoms with E-state index in [-0.39, 0.29) is 23.0 Å². The fourth-order valence-electron chi connectivity index (χ4n) is 3.09. The Bertz CT molecular complexity index is 698. The third-order valence-corrected chi connectivity index (χ3v) is 6.21. The first-order valence-electron chi connectivity index (χ1n) is 8.32. The van der Waals surface area contributed by atoms with Crippen LogP contribution in [0.15, 0.2) is 23.1 Å². The summed E-state index contributed by atoms with van der Waals surface area (Å²) in [6.07, 6.45) is 3.86. The predicted molar refractivity (Wildman–Crippen MR) is 90.8 cm³/mol. The van der Waals surface area contributed by atoms with Crippen molar-refractivity contribution in [2.75, 3.05) is 13.6 Å². The molecule has 5 nitrogen and oxygen atoms in total. The number of nitrogens with one attached hydrogen (secondary N) is 1. The summed E-state index contributed by atoms with van der Waals surface area (Å²) in [7, 11) is -2.07. The average Bonchev–Trinajstić information content (AvgIpc) is 2.54. The van der Waals surface area contributed by atoms with Crippen LogP contribution in [-0.4, -0.2) is 38.9 Å². The highest BCUT2D eigenvalue weighted by Gasteiger charge is 2.27. The van der Waals surface area contributed by atoms with Crippen molar-refractivity contribution in [3.05, 3.63) is 29.6 Å². The van der Waals surface area contributed by atoms with E-state index in [0.29, 0.717) is 5.92 Å². The van der Waals surface area contributed by atoms with Gasteiger partial charge in [-0.15, -0.1) is 0 Å². The van der Waals surface area contributed by atoms with E-state index in [1.807, 2.05) is 0 Å². The maximum absolute atomic E-state index is 14.1. The molecule has 0 aliphatic heterocycles. The molecule has 24 heavy (non-hydrogen) atoms. The average molecular weight is 356 g/mol. The highest BCUT2D eigenvalue weighted by atomic mass is 32.2. The van der Waals surface area contributed by atoms with Crippen LogP contribution in [0.3, 0.4) is 0 Å². The van der Waals surface area contributed by atoms with Crippen LogP contribution in [0.2, 0.25) is 0 Å². The van der Waals surface area contributed by atoms with Crippen LogP contribution in [0.1, 0.15) is 49.9 Å². The van der Waals surface area contributed by atoms with Gasteiger partial charge in [-0.2, -0.15) is 0 Å². The molecule has 0 bridgehead atoms. The van der Waals surface area contributed by atoms with Gasteiger partial charge >= 0.3 is 0 Å². The van der Waals surface area contributed by atoms with Crippen LogP contribution in [0.4, 0.5) is 4.39 Å². The van der Waals surface area contributed by atoms with Crippen molar-refractivity contribution in [2.45, 2.75) is 50.5 Å². The minimum Gasteiger partial charge on any atom is -0.339 e. The maximum Gasteiger partial charge on any atom is 0.256 e. The van der Waals surface area contributed by atoms with Crippen LogP contribution in [0.5, 0.6) is 0 Å². The lowest BCUT2D eigenvalue weighted by Crippen LogP contribution is -2.39. The standard InChI is InChI=1S/C17H25FN2O3S/c1-4-19-24(22,23)14-9-10-16(18)15(11-14)17(21)20(3)13-7-5-12(2)6-8-13/h9-13,19H,4-8H2,1-3H3. The zero-order chi connectivity index (χ0) is 17.9. The second-order valence-electron chi connectivity index (χ2n) is 6.47. The molecule has 1 N–H and O–H groups in total. The van der Waals surface area contributed by atoms with Gasteiger partial charge in [0, 0.05) is 19.6 Å². The Labute approximate surface area is 143 Å². The molecule has 1 aliphatic carbocycles. The van der Waals surface area contributed by atoms with Gasteiger partial charge in [0.2, 0.25) is 10.0 Å². The van der Waals surface area contributed by atoms with Gasteiger partial charge in [-0.1, -0.05) is 13.8 Å². The van der Waals surface area contributed by atoms with Gasteiger partial charge in [0.05, 0.1) is 10.5 Å². The normalized spacial score (nSPS) is 21.5. The molecule has 7 heteroatoms. The second-order valence-corrected chi connectivity index (χ2v) is 8.24. The molecule has 0 heterocycles. The quantitative estimate of drug-likeness (QED) is 0.882. The van der Waals surface area contributed by atoms with Crippen LogP contribution in [0.25, 0.3) is 0 Å². The minimum atomic E-state index is -3.73. The summed E-state index contributed by atoms with van der Waals surface area (Å²) in [4.78, 5) is 14.1. The Balaban J connectivity index is 2.25. The van der Waals surface area contributed by atoms with Gasteiger partial charge in [-0.25, -0.2) is 17.5 Å². The summed E-state index contributed by atoms with van der Waals surface area (Å²) < 4.78 is 40.6. The fraction of sp³-hybridized carbons (Fsp3) is 0.588. The molecule has 134 valence electrons. The van der Waals surface area contributed by atoms with E-state index in [2.05, 4.69) is 11.6 Å². The van der Waals surface area contributed by atoms with Crippen molar-refractivity contribution in [1.82, 2.24) is 9.62 Å². The molecule has 0 radical (unpaired) electrons. The molecule has 1 amide bonds. The molecule has 1 aromatic rings. The first-order valence-corrected chi connectivity index (χ1v) is 9.81. The van der Waals surface area contributed by atoms with E-state index in [1.165, 1.54) is 6.07 Å². The molecular weight excluding hydrogens is 331 g/mol. The second kappa shape index (κ2) is 7.61. The largest absolute Gasteiger partial charge is 0.339 e. The highest BCUT2D eigenvalue weighted by Crippen LogP contribution is 2.28. The number of hydrogen-bond acceptors (Lipinski definition) is 3. The summed E-state index contributed by atoms with van der Waals surface area (Å²) in [5.41, 5.74) is -0.199. The lowest BCUT2D eigenvalue weighted by Gasteiger charge is -2.33. The van der Waals surface area contributed by atoms with Crippen LogP contribution in [0, 0.1) is 11.7 Å². The first-order chi connectivity index (χ1) is 11.3. The molecule has 0 unspecified atom stereocenters. The molecule has 0 aromatic heterocycles. The lowest BCUT2D eigenvalue weighted by molar-refractivity contribution is 0.0674. The Morgan fingerprint density at radius 1 is 1.29 bits per heavy atom. The number of rotatable bonds is 5. The topological polar surface area (TPSA) is 66.5 Å². The lowest BCUT2D eigenvalue weighted by atomic mass is 9.86. The Kier molecular flexibility index (Phi) is 5.98. The fourth-order valence-corrected chi connectivity index (χ4v) is 4.16. The number of carbonyl (C=O) groups excluding carboxylic acids is 1. The van der Waals surface area contributed by atoms with E-state index in [0.717, 1.165) is 37.8 Å². The molecule has 2 rings (SSSR count). The summed E-state index contributed by atoms with van der Waals surface area (Å²) in [5.74, 6) is -0.526. The number of amides is 1. The Morgan fingerprint density at radius 3 is 2.50 bits per heavy atom. The molecular formula is C17H25FN2O3S. The number of carbonyl (C=O) groups is 1. The van der Waals surface area contributed by atoms with E-state index in [9.17, 15) is 17.6 Å². The van der Waals surface area contributed by atoms with E-state index < -0.39 is 21.7 Å². The van der Waals surface area contributed by atoms with Gasteiger partial charge < -0.3 is 4.90 Å². The van der Waals surface area contributed by atoms with Gasteiger partial charge in [0.25, 0.3) is 5.91 Å². The molecule has 1 aliphatic rings. The number of halogens is 1. The van der Waals surface area contributed by atoms with Crippen LogP contribution < -0.4 is 4.72 Å². The summed E-state index contributed by atoms with van der Waals surface area (Å²) in [6, 6.07) is 3.40. The van der Waals surface area contributed by atoms with Crippen molar-refractivity contribution in [1.29, 1.82) is 0 Å². The van der Waals surface area contributed by atoms with Gasteiger partial charge in [0.15, 0.2) is 0 Å². The van der Waals surface area contributed by atoms with Crippen molar-refractivity contribution < 1.29 is 17.6 Å². The summed E-state index contributed by atoms with van der Waals surface area (Å²) >= 11 is 0. The maximum atomic E-state index is 14.1. The van der Waals surface area contributed by atoms with Gasteiger partial charge in [-0.3, -0.25) is 4.79 Å². The van der Waals surface area contributed by atoms with E-state index in [4.69, 9.17) is 0 Å². The van der Waals surface area contributed by atoms with Gasteiger partial charge in [0.1, 0.15) is 5.82 Å². The number of hydrogen-bond donors (Lipinski definition) is 1. The van der Waals surface area contributed by atoms with Crippen molar-refractivity contribution in [2.24, 2.45) is 5.92 Å². The van der Waals surface area contributed by atoms with Crippen molar-refractivity contribution in [3.63, 3.8) is 0 Å². The highest BCUT2D eigenvalue weighted by molar-refractivity contribution is 7.89.